The van der Waals surface area contributed by atoms with Gasteiger partial charge in [0.1, 0.15) is 0 Å². The lowest BCUT2D eigenvalue weighted by Crippen LogP contribution is -2.02. The first-order valence-corrected chi connectivity index (χ1v) is 7.11. The fourth-order valence-corrected chi connectivity index (χ4v) is 2.94. The van der Waals surface area contributed by atoms with Gasteiger partial charge in [0.15, 0.2) is 0 Å². The Balaban J connectivity index is 1.73. The normalized spacial score (nSPS) is 24.1. The first-order chi connectivity index (χ1) is 9.90. The number of nitriles is 1. The van der Waals surface area contributed by atoms with Crippen LogP contribution in [0.25, 0.3) is 0 Å². The van der Waals surface area contributed by atoms with Crippen LogP contribution in [-0.4, -0.2) is 10.9 Å². The third kappa shape index (κ3) is 2.74. The molecule has 3 atom stereocenters. The van der Waals surface area contributed by atoms with Gasteiger partial charge >= 0.3 is 0 Å². The molecule has 100 valence electrons. The van der Waals surface area contributed by atoms with E-state index in [4.69, 9.17) is 5.26 Å². The minimum Gasteiger partial charge on any atom is -0.286 e. The summed E-state index contributed by atoms with van der Waals surface area (Å²) in [5.74, 6) is 0. The van der Waals surface area contributed by atoms with Crippen LogP contribution in [0.3, 0.4) is 0 Å². The van der Waals surface area contributed by atoms with Crippen molar-refractivity contribution in [2.24, 2.45) is 0 Å². The summed E-state index contributed by atoms with van der Waals surface area (Å²) < 4.78 is 0. The number of benzene rings is 2. The van der Waals surface area contributed by atoms with Crippen LogP contribution >= 0.6 is 0 Å². The number of hydrogen-bond donors (Lipinski definition) is 0. The zero-order valence-electron chi connectivity index (χ0n) is 11.4. The lowest BCUT2D eigenvalue weighted by atomic mass is 10.1. The highest BCUT2D eigenvalue weighted by molar-refractivity contribution is 5.28. The summed E-state index contributed by atoms with van der Waals surface area (Å²) in [6.45, 7) is 0.969. The second-order valence-corrected chi connectivity index (χ2v) is 5.28. The van der Waals surface area contributed by atoms with Gasteiger partial charge in [-0.3, -0.25) is 4.90 Å². The Bertz CT molecular complexity index is 586. The third-order valence-electron chi connectivity index (χ3n) is 3.96. The summed E-state index contributed by atoms with van der Waals surface area (Å²) >= 11 is 0. The fraction of sp³-hybridized carbons (Fsp3) is 0.278. The van der Waals surface area contributed by atoms with Gasteiger partial charge in [-0.05, 0) is 17.5 Å². The first kappa shape index (κ1) is 12.9. The van der Waals surface area contributed by atoms with Crippen molar-refractivity contribution in [2.45, 2.75) is 31.5 Å². The molecule has 1 aliphatic heterocycles. The summed E-state index contributed by atoms with van der Waals surface area (Å²) in [5.41, 5.74) is 2.71. The average molecular weight is 262 g/mol. The number of rotatable bonds is 5. The molecule has 0 radical (unpaired) electrons. The van der Waals surface area contributed by atoms with E-state index in [1.165, 1.54) is 11.1 Å². The largest absolute Gasteiger partial charge is 0.286 e. The second kappa shape index (κ2) is 5.90. The monoisotopic (exact) mass is 262 g/mol. The number of nitrogens with zero attached hydrogens (tertiary/aromatic N) is 2. The Morgan fingerprint density at radius 3 is 2.25 bits per heavy atom. The molecular weight excluding hydrogens is 244 g/mol. The van der Waals surface area contributed by atoms with Crippen LogP contribution in [0.15, 0.2) is 60.7 Å². The SMILES string of the molecule is N#CCC[C@@H]1[C@@H](c2ccccc2)N1Cc1ccccc1. The molecule has 1 heterocycles. The topological polar surface area (TPSA) is 26.8 Å². The Kier molecular flexibility index (Phi) is 3.80. The molecule has 1 unspecified atom stereocenters. The van der Waals surface area contributed by atoms with Gasteiger partial charge in [-0.15, -0.1) is 0 Å². The Morgan fingerprint density at radius 1 is 0.950 bits per heavy atom. The zero-order chi connectivity index (χ0) is 13.8. The van der Waals surface area contributed by atoms with Crippen LogP contribution in [0.1, 0.15) is 30.0 Å². The minimum atomic E-state index is 0.477. The van der Waals surface area contributed by atoms with E-state index in [1.54, 1.807) is 0 Å². The van der Waals surface area contributed by atoms with Crippen molar-refractivity contribution >= 4 is 0 Å². The first-order valence-electron chi connectivity index (χ1n) is 7.11. The van der Waals surface area contributed by atoms with Crippen molar-refractivity contribution in [2.75, 3.05) is 0 Å². The highest BCUT2D eigenvalue weighted by atomic mass is 15.3. The van der Waals surface area contributed by atoms with Gasteiger partial charge in [0.05, 0.1) is 12.1 Å². The molecule has 0 N–H and O–H groups in total. The lowest BCUT2D eigenvalue weighted by molar-refractivity contribution is 0.467. The average Bonchev–Trinajstić information content (AvgIpc) is 3.19. The van der Waals surface area contributed by atoms with E-state index < -0.39 is 0 Å². The van der Waals surface area contributed by atoms with Gasteiger partial charge in [-0.25, -0.2) is 0 Å². The van der Waals surface area contributed by atoms with Gasteiger partial charge < -0.3 is 0 Å². The van der Waals surface area contributed by atoms with Crippen molar-refractivity contribution in [1.29, 1.82) is 5.26 Å². The lowest BCUT2D eigenvalue weighted by Gasteiger charge is -2.04. The van der Waals surface area contributed by atoms with Crippen molar-refractivity contribution in [3.8, 4) is 6.07 Å². The van der Waals surface area contributed by atoms with Crippen LogP contribution < -0.4 is 0 Å². The predicted octanol–water partition coefficient (Wildman–Crippen LogP) is 3.92. The minimum absolute atomic E-state index is 0.477. The highest BCUT2D eigenvalue weighted by Crippen LogP contribution is 2.46. The standard InChI is InChI=1S/C18H18N2/c19-13-7-12-17-18(16-10-5-2-6-11-16)20(17)14-15-8-3-1-4-9-15/h1-6,8-11,17-18H,7,12,14H2/t17-,18-,20?/m1/s1. The number of hydrogen-bond acceptors (Lipinski definition) is 2. The van der Waals surface area contributed by atoms with Crippen LogP contribution in [0.4, 0.5) is 0 Å². The van der Waals surface area contributed by atoms with Gasteiger partial charge in [-0.2, -0.15) is 5.26 Å². The summed E-state index contributed by atoms with van der Waals surface area (Å²) in [4.78, 5) is 2.49. The summed E-state index contributed by atoms with van der Waals surface area (Å²) in [6, 6.07) is 24.4. The summed E-state index contributed by atoms with van der Waals surface area (Å²) in [5, 5.41) is 8.81. The van der Waals surface area contributed by atoms with Crippen LogP contribution in [-0.2, 0) is 6.54 Å². The van der Waals surface area contributed by atoms with Gasteiger partial charge in [0.25, 0.3) is 0 Å². The van der Waals surface area contributed by atoms with E-state index in [0.717, 1.165) is 13.0 Å². The maximum absolute atomic E-state index is 8.81. The molecule has 1 saturated heterocycles. The van der Waals surface area contributed by atoms with E-state index in [2.05, 4.69) is 65.6 Å². The Labute approximate surface area is 120 Å². The van der Waals surface area contributed by atoms with Gasteiger partial charge in [0, 0.05) is 19.0 Å². The van der Waals surface area contributed by atoms with Crippen molar-refractivity contribution in [3.05, 3.63) is 71.8 Å². The molecule has 1 aliphatic rings. The molecule has 0 aromatic heterocycles. The maximum atomic E-state index is 8.81. The fourth-order valence-electron chi connectivity index (χ4n) is 2.94. The van der Waals surface area contributed by atoms with Crippen LogP contribution in [0, 0.1) is 11.3 Å². The van der Waals surface area contributed by atoms with Crippen LogP contribution in [0.5, 0.6) is 0 Å². The van der Waals surface area contributed by atoms with E-state index in [-0.39, 0.29) is 0 Å². The van der Waals surface area contributed by atoms with Gasteiger partial charge in [-0.1, -0.05) is 60.7 Å². The van der Waals surface area contributed by atoms with Gasteiger partial charge in [0.2, 0.25) is 0 Å². The maximum Gasteiger partial charge on any atom is 0.0622 e. The molecule has 3 rings (SSSR count). The molecule has 0 amide bonds. The van der Waals surface area contributed by atoms with E-state index in [0.29, 0.717) is 18.5 Å². The summed E-state index contributed by atoms with van der Waals surface area (Å²) in [6.07, 6.45) is 1.60. The molecule has 2 aromatic rings. The highest BCUT2D eigenvalue weighted by Gasteiger charge is 2.47. The third-order valence-corrected chi connectivity index (χ3v) is 3.96. The van der Waals surface area contributed by atoms with Crippen molar-refractivity contribution in [1.82, 2.24) is 4.90 Å². The van der Waals surface area contributed by atoms with Crippen molar-refractivity contribution in [3.63, 3.8) is 0 Å². The molecule has 0 spiro atoms. The second-order valence-electron chi connectivity index (χ2n) is 5.28. The van der Waals surface area contributed by atoms with Crippen molar-refractivity contribution < 1.29 is 0 Å². The van der Waals surface area contributed by atoms with E-state index in [9.17, 15) is 0 Å². The molecule has 0 aliphatic carbocycles. The zero-order valence-corrected chi connectivity index (χ0v) is 11.4. The Hall–Kier alpha value is -2.11. The molecule has 2 heteroatoms. The molecular formula is C18H18N2. The quantitative estimate of drug-likeness (QED) is 0.764. The molecule has 2 nitrogen and oxygen atoms in total. The smallest absolute Gasteiger partial charge is 0.0622 e. The predicted molar refractivity (Wildman–Crippen MR) is 79.8 cm³/mol. The molecule has 20 heavy (non-hydrogen) atoms. The Morgan fingerprint density at radius 2 is 1.60 bits per heavy atom. The summed E-state index contributed by atoms with van der Waals surface area (Å²) in [7, 11) is 0. The van der Waals surface area contributed by atoms with E-state index >= 15 is 0 Å². The molecule has 2 aromatic carbocycles. The molecule has 0 bridgehead atoms. The molecule has 1 fully saturated rings. The van der Waals surface area contributed by atoms with Crippen LogP contribution in [0.2, 0.25) is 0 Å². The van der Waals surface area contributed by atoms with E-state index in [1.807, 2.05) is 6.07 Å². The molecule has 0 saturated carbocycles.